The Balaban J connectivity index is 2.43. The molecule has 7 nitrogen and oxygen atoms in total. The molecule has 0 radical (unpaired) electrons. The summed E-state index contributed by atoms with van der Waals surface area (Å²) in [5.41, 5.74) is 0.771. The summed E-state index contributed by atoms with van der Waals surface area (Å²) in [6, 6.07) is 3.47. The van der Waals surface area contributed by atoms with Crippen LogP contribution in [-0.2, 0) is 0 Å². The molecule has 0 bridgehead atoms. The smallest absolute Gasteiger partial charge is 0.300 e. The minimum absolute atomic E-state index is 0.151. The second kappa shape index (κ2) is 6.33. The Morgan fingerprint density at radius 3 is 2.52 bits per heavy atom. The minimum Gasteiger partial charge on any atom is -0.343 e. The summed E-state index contributed by atoms with van der Waals surface area (Å²) in [6.07, 6.45) is 1.61. The first kappa shape index (κ1) is 17.5. The Hall–Kier alpha value is -1.86. The highest BCUT2D eigenvalue weighted by Crippen LogP contribution is 2.28. The van der Waals surface area contributed by atoms with Crippen LogP contribution in [0.25, 0.3) is 0 Å². The van der Waals surface area contributed by atoms with Crippen LogP contribution in [-0.4, -0.2) is 52.6 Å². The second-order valence-electron chi connectivity index (χ2n) is 6.63. The van der Waals surface area contributed by atoms with Gasteiger partial charge in [0.25, 0.3) is 5.70 Å². The first-order valence-corrected chi connectivity index (χ1v) is 7.68. The van der Waals surface area contributed by atoms with Crippen molar-refractivity contribution in [3.63, 3.8) is 0 Å². The molecule has 0 atom stereocenters. The molecule has 126 valence electrons. The number of nitrogens with zero attached hydrogens (tertiary/aromatic N) is 5. The highest BCUT2D eigenvalue weighted by Gasteiger charge is 2.37. The van der Waals surface area contributed by atoms with Crippen LogP contribution in [0.15, 0.2) is 29.8 Å². The lowest BCUT2D eigenvalue weighted by Gasteiger charge is -2.43. The Bertz CT molecular complexity index is 624. The average Bonchev–Trinajstić information content (AvgIpc) is 2.45. The predicted molar refractivity (Wildman–Crippen MR) is 90.8 cm³/mol. The molecular formula is C15H22ClN5O2. The third-order valence-electron chi connectivity index (χ3n) is 3.93. The van der Waals surface area contributed by atoms with Crippen LogP contribution < -0.4 is 4.90 Å². The number of nitro groups is 1. The quantitative estimate of drug-likeness (QED) is 0.479. The van der Waals surface area contributed by atoms with E-state index in [-0.39, 0.29) is 16.2 Å². The molecule has 0 fully saturated rings. The molecule has 0 N–H and O–H groups in total. The van der Waals surface area contributed by atoms with Gasteiger partial charge in [-0.1, -0.05) is 11.6 Å². The van der Waals surface area contributed by atoms with Gasteiger partial charge in [0.05, 0.1) is 30.0 Å². The number of halogens is 1. The maximum Gasteiger partial charge on any atom is 0.300 e. The lowest BCUT2D eigenvalue weighted by Crippen LogP contribution is -2.54. The van der Waals surface area contributed by atoms with E-state index < -0.39 is 0 Å². The summed E-state index contributed by atoms with van der Waals surface area (Å²) in [7, 11) is 3.66. The fourth-order valence-corrected chi connectivity index (χ4v) is 2.68. The van der Waals surface area contributed by atoms with Gasteiger partial charge in [-0.05, 0) is 32.9 Å². The van der Waals surface area contributed by atoms with Gasteiger partial charge in [0.15, 0.2) is 5.82 Å². The fourth-order valence-electron chi connectivity index (χ4n) is 2.57. The van der Waals surface area contributed by atoms with E-state index in [1.54, 1.807) is 30.3 Å². The third kappa shape index (κ3) is 3.73. The van der Waals surface area contributed by atoms with E-state index in [4.69, 9.17) is 11.6 Å². The van der Waals surface area contributed by atoms with Crippen LogP contribution in [0.4, 0.5) is 5.69 Å². The van der Waals surface area contributed by atoms with Crippen LogP contribution in [0.2, 0.25) is 5.15 Å². The molecule has 0 spiro atoms. The zero-order valence-corrected chi connectivity index (χ0v) is 14.8. The van der Waals surface area contributed by atoms with Crippen molar-refractivity contribution in [2.75, 3.05) is 32.2 Å². The molecule has 0 aliphatic carbocycles. The van der Waals surface area contributed by atoms with E-state index in [2.05, 4.69) is 30.7 Å². The molecule has 2 rings (SSSR count). The van der Waals surface area contributed by atoms with Gasteiger partial charge in [0.2, 0.25) is 0 Å². The van der Waals surface area contributed by atoms with Crippen molar-refractivity contribution in [2.45, 2.75) is 26.3 Å². The van der Waals surface area contributed by atoms with Gasteiger partial charge in [0.1, 0.15) is 5.15 Å². The number of hydrogen-bond donors (Lipinski definition) is 0. The monoisotopic (exact) mass is 339 g/mol. The molecule has 1 aliphatic heterocycles. The summed E-state index contributed by atoms with van der Waals surface area (Å²) in [4.78, 5) is 21.1. The Morgan fingerprint density at radius 1 is 1.39 bits per heavy atom. The summed E-state index contributed by atoms with van der Waals surface area (Å²) in [6.45, 7) is 7.06. The summed E-state index contributed by atoms with van der Waals surface area (Å²) >= 11 is 5.81. The largest absolute Gasteiger partial charge is 0.343 e. The minimum atomic E-state index is -0.302. The highest BCUT2D eigenvalue weighted by molar-refractivity contribution is 6.29. The van der Waals surface area contributed by atoms with Crippen LogP contribution in [0, 0.1) is 10.1 Å². The topological polar surface area (TPSA) is 65.8 Å². The molecule has 0 unspecified atom stereocenters. The standard InChI is InChI=1S/C15H22ClN5O2/c1-15(2,3)20-9-12(21(22)23)14(18(4)10-20)19(5)11-6-7-13(16)17-8-11/h6-8H,9-10H2,1-5H3. The van der Waals surface area contributed by atoms with Crippen molar-refractivity contribution >= 4 is 17.3 Å². The van der Waals surface area contributed by atoms with Crippen molar-refractivity contribution in [2.24, 2.45) is 0 Å². The van der Waals surface area contributed by atoms with E-state index in [1.165, 1.54) is 0 Å². The molecule has 1 aromatic heterocycles. The lowest BCUT2D eigenvalue weighted by molar-refractivity contribution is -0.433. The normalized spacial score (nSPS) is 16.7. The molecule has 0 amide bonds. The number of hydrogen-bond acceptors (Lipinski definition) is 6. The third-order valence-corrected chi connectivity index (χ3v) is 4.15. The molecule has 1 aromatic rings. The van der Waals surface area contributed by atoms with Crippen molar-refractivity contribution in [1.29, 1.82) is 0 Å². The van der Waals surface area contributed by atoms with Crippen molar-refractivity contribution in [3.05, 3.63) is 45.1 Å². The zero-order valence-electron chi connectivity index (χ0n) is 14.1. The Kier molecular flexibility index (Phi) is 4.81. The van der Waals surface area contributed by atoms with Crippen LogP contribution >= 0.6 is 11.6 Å². The fraction of sp³-hybridized carbons (Fsp3) is 0.533. The predicted octanol–water partition coefficient (Wildman–Crippen LogP) is 2.62. The number of anilines is 1. The van der Waals surface area contributed by atoms with Crippen molar-refractivity contribution < 1.29 is 4.92 Å². The van der Waals surface area contributed by atoms with Gasteiger partial charge < -0.3 is 9.80 Å². The zero-order chi connectivity index (χ0) is 17.4. The SMILES string of the molecule is CN1CN(C(C)(C)C)CC([N+](=O)[O-])=C1N(C)c1ccc(Cl)nc1. The maximum atomic E-state index is 11.6. The van der Waals surface area contributed by atoms with Crippen molar-refractivity contribution in [3.8, 4) is 0 Å². The van der Waals surface area contributed by atoms with E-state index in [1.807, 2.05) is 11.9 Å². The molecule has 0 saturated heterocycles. The first-order valence-electron chi connectivity index (χ1n) is 7.30. The van der Waals surface area contributed by atoms with E-state index >= 15 is 0 Å². The Labute approximate surface area is 141 Å². The molecule has 23 heavy (non-hydrogen) atoms. The molecule has 1 aliphatic rings. The lowest BCUT2D eigenvalue weighted by atomic mass is 10.1. The van der Waals surface area contributed by atoms with E-state index in [0.717, 1.165) is 5.69 Å². The van der Waals surface area contributed by atoms with Gasteiger partial charge in [-0.25, -0.2) is 4.98 Å². The van der Waals surface area contributed by atoms with Crippen molar-refractivity contribution in [1.82, 2.24) is 14.8 Å². The molecule has 0 saturated carbocycles. The summed E-state index contributed by atoms with van der Waals surface area (Å²) in [5.74, 6) is 0.569. The van der Waals surface area contributed by atoms with Gasteiger partial charge in [-0.2, -0.15) is 0 Å². The highest BCUT2D eigenvalue weighted by atomic mass is 35.5. The van der Waals surface area contributed by atoms with Gasteiger partial charge in [0, 0.05) is 19.6 Å². The average molecular weight is 340 g/mol. The van der Waals surface area contributed by atoms with Gasteiger partial charge in [-0.3, -0.25) is 15.0 Å². The Morgan fingerprint density at radius 2 is 2.04 bits per heavy atom. The maximum absolute atomic E-state index is 11.6. The number of aromatic nitrogens is 1. The number of pyridine rings is 1. The van der Waals surface area contributed by atoms with Crippen LogP contribution in [0.3, 0.4) is 0 Å². The molecule has 8 heteroatoms. The number of rotatable bonds is 3. The van der Waals surface area contributed by atoms with Crippen LogP contribution in [0.5, 0.6) is 0 Å². The molecular weight excluding hydrogens is 318 g/mol. The molecule has 0 aromatic carbocycles. The van der Waals surface area contributed by atoms with Gasteiger partial charge in [-0.15, -0.1) is 0 Å². The van der Waals surface area contributed by atoms with Crippen LogP contribution in [0.1, 0.15) is 20.8 Å². The summed E-state index contributed by atoms with van der Waals surface area (Å²) < 4.78 is 0. The van der Waals surface area contributed by atoms with E-state index in [9.17, 15) is 10.1 Å². The van der Waals surface area contributed by atoms with Gasteiger partial charge >= 0.3 is 0 Å². The first-order chi connectivity index (χ1) is 10.6. The molecule has 2 heterocycles. The summed E-state index contributed by atoms with van der Waals surface area (Å²) in [5, 5.41) is 12.0. The second-order valence-corrected chi connectivity index (χ2v) is 7.02. The van der Waals surface area contributed by atoms with E-state index in [0.29, 0.717) is 24.2 Å².